The van der Waals surface area contributed by atoms with Gasteiger partial charge >= 0.3 is 0 Å². The van der Waals surface area contributed by atoms with Crippen LogP contribution in [0.4, 0.5) is 11.4 Å². The Morgan fingerprint density at radius 1 is 1.00 bits per heavy atom. The molecule has 4 nitrogen and oxygen atoms in total. The van der Waals surface area contributed by atoms with Crippen molar-refractivity contribution in [3.63, 3.8) is 0 Å². The van der Waals surface area contributed by atoms with Gasteiger partial charge in [0.2, 0.25) is 0 Å². The third-order valence-electron chi connectivity index (χ3n) is 3.49. The summed E-state index contributed by atoms with van der Waals surface area (Å²) >= 11 is 0. The highest BCUT2D eigenvalue weighted by molar-refractivity contribution is 5.45. The minimum Gasteiger partial charge on any atom is -0.385 e. The van der Waals surface area contributed by atoms with E-state index in [1.165, 1.54) is 5.56 Å². The van der Waals surface area contributed by atoms with E-state index in [-0.39, 0.29) is 10.6 Å². The van der Waals surface area contributed by atoms with Crippen LogP contribution in [-0.4, -0.2) is 11.5 Å². The maximum atomic E-state index is 10.6. The molecule has 0 bridgehead atoms. The molecule has 0 saturated carbocycles. The molecule has 1 N–H and O–H groups in total. The molecule has 0 aliphatic heterocycles. The molecule has 0 unspecified atom stereocenters. The fourth-order valence-corrected chi connectivity index (χ4v) is 2.37. The fraction of sp³-hybridized carbons (Fsp3) is 0.333. The van der Waals surface area contributed by atoms with Gasteiger partial charge in [0.25, 0.3) is 5.69 Å². The number of nitrogens with one attached hydrogen (secondary N) is 1. The van der Waals surface area contributed by atoms with Crippen LogP contribution in [0.1, 0.15) is 25.0 Å². The topological polar surface area (TPSA) is 55.2 Å². The summed E-state index contributed by atoms with van der Waals surface area (Å²) in [6.45, 7) is 5.24. The molecule has 0 aliphatic rings. The number of benzene rings is 2. The third-order valence-corrected chi connectivity index (χ3v) is 3.49. The van der Waals surface area contributed by atoms with Crippen molar-refractivity contribution < 1.29 is 4.92 Å². The zero-order valence-corrected chi connectivity index (χ0v) is 13.1. The van der Waals surface area contributed by atoms with Gasteiger partial charge in [0.1, 0.15) is 0 Å². The lowest BCUT2D eigenvalue weighted by Gasteiger charge is -2.09. The largest absolute Gasteiger partial charge is 0.385 e. The Morgan fingerprint density at radius 3 is 2.14 bits per heavy atom. The van der Waals surface area contributed by atoms with Crippen molar-refractivity contribution in [3.05, 3.63) is 69.8 Å². The van der Waals surface area contributed by atoms with Gasteiger partial charge in [-0.15, -0.1) is 0 Å². The van der Waals surface area contributed by atoms with Crippen molar-refractivity contribution in [3.8, 4) is 0 Å². The predicted octanol–water partition coefficient (Wildman–Crippen LogP) is 4.45. The van der Waals surface area contributed by atoms with E-state index in [0.717, 1.165) is 30.6 Å². The second-order valence-electron chi connectivity index (χ2n) is 5.90. The van der Waals surface area contributed by atoms with E-state index in [4.69, 9.17) is 0 Å². The molecule has 0 heterocycles. The van der Waals surface area contributed by atoms with Gasteiger partial charge in [-0.05, 0) is 42.0 Å². The highest BCUT2D eigenvalue weighted by atomic mass is 16.6. The number of hydrogen-bond acceptors (Lipinski definition) is 3. The fourth-order valence-electron chi connectivity index (χ4n) is 2.37. The average Bonchev–Trinajstić information content (AvgIpc) is 2.49. The maximum absolute atomic E-state index is 10.6. The van der Waals surface area contributed by atoms with E-state index in [9.17, 15) is 10.1 Å². The number of nitrogens with zero attached hydrogens (tertiary/aromatic N) is 1. The minimum atomic E-state index is -0.374. The number of hydrogen-bond donors (Lipinski definition) is 1. The molecule has 0 aliphatic carbocycles. The normalized spacial score (nSPS) is 10.7. The maximum Gasteiger partial charge on any atom is 0.269 e. The summed E-state index contributed by atoms with van der Waals surface area (Å²) in [6, 6.07) is 15.3. The first-order chi connectivity index (χ1) is 10.5. The smallest absolute Gasteiger partial charge is 0.269 e. The van der Waals surface area contributed by atoms with Crippen molar-refractivity contribution in [2.75, 3.05) is 11.9 Å². The van der Waals surface area contributed by atoms with Gasteiger partial charge in [0, 0.05) is 24.4 Å². The van der Waals surface area contributed by atoms with Crippen LogP contribution < -0.4 is 5.32 Å². The molecular weight excluding hydrogens is 276 g/mol. The van der Waals surface area contributed by atoms with Crippen molar-refractivity contribution in [2.45, 2.75) is 26.7 Å². The van der Waals surface area contributed by atoms with E-state index in [0.29, 0.717) is 5.92 Å². The Labute approximate surface area is 131 Å². The molecule has 22 heavy (non-hydrogen) atoms. The molecule has 0 atom stereocenters. The van der Waals surface area contributed by atoms with Gasteiger partial charge in [0.15, 0.2) is 0 Å². The Morgan fingerprint density at radius 2 is 1.59 bits per heavy atom. The molecule has 0 saturated heterocycles. The van der Waals surface area contributed by atoms with Gasteiger partial charge in [-0.2, -0.15) is 0 Å². The molecule has 4 heteroatoms. The van der Waals surface area contributed by atoms with Crippen molar-refractivity contribution in [1.29, 1.82) is 0 Å². The molecule has 0 spiro atoms. The number of nitro groups is 1. The first-order valence-electron chi connectivity index (χ1n) is 7.61. The van der Waals surface area contributed by atoms with Crippen molar-refractivity contribution >= 4 is 11.4 Å². The predicted molar refractivity (Wildman–Crippen MR) is 90.3 cm³/mol. The molecule has 0 aromatic heterocycles. The van der Waals surface area contributed by atoms with Crippen LogP contribution in [0.3, 0.4) is 0 Å². The number of anilines is 1. The quantitative estimate of drug-likeness (QED) is 0.607. The summed E-state index contributed by atoms with van der Waals surface area (Å²) in [5.41, 5.74) is 3.69. The van der Waals surface area contributed by atoms with E-state index >= 15 is 0 Å². The third kappa shape index (κ3) is 4.88. The Balaban J connectivity index is 1.81. The highest BCUT2D eigenvalue weighted by Crippen LogP contribution is 2.14. The lowest BCUT2D eigenvalue weighted by molar-refractivity contribution is -0.384. The van der Waals surface area contributed by atoms with Crippen LogP contribution in [0, 0.1) is 16.0 Å². The molecule has 0 amide bonds. The van der Waals surface area contributed by atoms with Crippen LogP contribution in [0.25, 0.3) is 0 Å². The number of non-ortho nitro benzene ring substituents is 1. The molecular formula is C18H22N2O2. The molecule has 0 radical (unpaired) electrons. The summed E-state index contributed by atoms with van der Waals surface area (Å²) in [4.78, 5) is 10.2. The van der Waals surface area contributed by atoms with E-state index in [2.05, 4.69) is 43.4 Å². The second-order valence-corrected chi connectivity index (χ2v) is 5.90. The van der Waals surface area contributed by atoms with E-state index < -0.39 is 0 Å². The molecule has 0 fully saturated rings. The first-order valence-corrected chi connectivity index (χ1v) is 7.61. The molecule has 2 aromatic carbocycles. The van der Waals surface area contributed by atoms with Crippen LogP contribution in [-0.2, 0) is 12.8 Å². The Hall–Kier alpha value is -2.36. The zero-order valence-electron chi connectivity index (χ0n) is 13.1. The average molecular weight is 298 g/mol. The van der Waals surface area contributed by atoms with Gasteiger partial charge in [-0.25, -0.2) is 0 Å². The van der Waals surface area contributed by atoms with Crippen molar-refractivity contribution in [1.82, 2.24) is 0 Å². The number of nitro benzene ring substituents is 1. The van der Waals surface area contributed by atoms with Crippen molar-refractivity contribution in [2.24, 2.45) is 5.92 Å². The lowest BCUT2D eigenvalue weighted by Crippen LogP contribution is -2.05. The second kappa shape index (κ2) is 7.59. The van der Waals surface area contributed by atoms with E-state index in [1.54, 1.807) is 12.1 Å². The summed E-state index contributed by atoms with van der Waals surface area (Å²) in [6.07, 6.45) is 1.94. The molecule has 116 valence electrons. The Kier molecular flexibility index (Phi) is 5.53. The standard InChI is InChI=1S/C18H22N2O2/c1-14(2)13-16-3-7-17(8-4-16)19-12-11-15-5-9-18(10-6-15)20(21)22/h3-10,14,19H,11-13H2,1-2H3. The van der Waals surface area contributed by atoms with Gasteiger partial charge < -0.3 is 5.32 Å². The summed E-state index contributed by atoms with van der Waals surface area (Å²) in [7, 11) is 0. The molecule has 2 rings (SSSR count). The van der Waals surface area contributed by atoms with Gasteiger partial charge in [-0.3, -0.25) is 10.1 Å². The zero-order chi connectivity index (χ0) is 15.9. The van der Waals surface area contributed by atoms with Crippen LogP contribution >= 0.6 is 0 Å². The SMILES string of the molecule is CC(C)Cc1ccc(NCCc2ccc([N+](=O)[O-])cc2)cc1. The highest BCUT2D eigenvalue weighted by Gasteiger charge is 2.03. The lowest BCUT2D eigenvalue weighted by atomic mass is 10.0. The van der Waals surface area contributed by atoms with E-state index in [1.807, 2.05) is 12.1 Å². The monoisotopic (exact) mass is 298 g/mol. The minimum absolute atomic E-state index is 0.137. The summed E-state index contributed by atoms with van der Waals surface area (Å²) in [5, 5.41) is 14.0. The first kappa shape index (κ1) is 16.0. The van der Waals surface area contributed by atoms with Gasteiger partial charge in [0.05, 0.1) is 4.92 Å². The van der Waals surface area contributed by atoms with Gasteiger partial charge in [-0.1, -0.05) is 38.1 Å². The van der Waals surface area contributed by atoms with Crippen LogP contribution in [0.2, 0.25) is 0 Å². The Bertz CT molecular complexity index is 604. The summed E-state index contributed by atoms with van der Waals surface area (Å²) in [5.74, 6) is 0.668. The molecule has 2 aromatic rings. The summed E-state index contributed by atoms with van der Waals surface area (Å²) < 4.78 is 0. The number of rotatable bonds is 7. The van der Waals surface area contributed by atoms with Crippen LogP contribution in [0.15, 0.2) is 48.5 Å². The van der Waals surface area contributed by atoms with Crippen LogP contribution in [0.5, 0.6) is 0 Å².